The summed E-state index contributed by atoms with van der Waals surface area (Å²) in [4.78, 5) is 15.6. The fourth-order valence-corrected chi connectivity index (χ4v) is 3.82. The first-order valence-corrected chi connectivity index (χ1v) is 9.16. The largest absolute Gasteiger partial charge is 0.350 e. The van der Waals surface area contributed by atoms with Crippen molar-refractivity contribution in [3.8, 4) is 0 Å². The molecule has 1 aromatic carbocycles. The van der Waals surface area contributed by atoms with Gasteiger partial charge in [0.05, 0.1) is 10.6 Å². The lowest BCUT2D eigenvalue weighted by molar-refractivity contribution is 0.0715. The Hall–Kier alpha value is -1.75. The normalized spacial score (nSPS) is 15.4. The summed E-state index contributed by atoms with van der Waals surface area (Å²) in [7, 11) is 0. The summed E-state index contributed by atoms with van der Waals surface area (Å²) >= 11 is 1.63. The molecule has 1 aromatic heterocycles. The molecular formula is C18H22N2O2S. The molecule has 0 unspecified atom stereocenters. The maximum Gasteiger partial charge on any atom is 0.293 e. The van der Waals surface area contributed by atoms with Crippen LogP contribution in [0.2, 0.25) is 0 Å². The first kappa shape index (κ1) is 16.1. The highest BCUT2D eigenvalue weighted by atomic mass is 32.2. The van der Waals surface area contributed by atoms with Crippen molar-refractivity contribution in [2.24, 2.45) is 0 Å². The SMILES string of the molecule is Cc1noc(C(=O)N2CCCCCC2)c1SCc1ccccc1. The zero-order chi connectivity index (χ0) is 16.1. The van der Waals surface area contributed by atoms with E-state index in [0.717, 1.165) is 42.3 Å². The molecule has 23 heavy (non-hydrogen) atoms. The number of carbonyl (C=O) groups excluding carboxylic acids is 1. The molecule has 0 aliphatic carbocycles. The van der Waals surface area contributed by atoms with Crippen molar-refractivity contribution in [1.82, 2.24) is 10.1 Å². The van der Waals surface area contributed by atoms with Crippen LogP contribution in [0.15, 0.2) is 39.8 Å². The van der Waals surface area contributed by atoms with Crippen LogP contribution >= 0.6 is 11.8 Å². The van der Waals surface area contributed by atoms with Gasteiger partial charge < -0.3 is 9.42 Å². The molecule has 0 bridgehead atoms. The molecule has 122 valence electrons. The minimum atomic E-state index is -0.0111. The Morgan fingerprint density at radius 1 is 1.17 bits per heavy atom. The molecular weight excluding hydrogens is 308 g/mol. The Kier molecular flexibility index (Phi) is 5.39. The highest BCUT2D eigenvalue weighted by molar-refractivity contribution is 7.98. The maximum atomic E-state index is 12.8. The zero-order valence-corrected chi connectivity index (χ0v) is 14.3. The fourth-order valence-electron chi connectivity index (χ4n) is 2.81. The van der Waals surface area contributed by atoms with Crippen LogP contribution in [0.1, 0.15) is 47.5 Å². The van der Waals surface area contributed by atoms with Gasteiger partial charge in [0.15, 0.2) is 0 Å². The van der Waals surface area contributed by atoms with Gasteiger partial charge in [-0.2, -0.15) is 0 Å². The van der Waals surface area contributed by atoms with Crippen LogP contribution in [-0.4, -0.2) is 29.1 Å². The number of benzene rings is 1. The number of nitrogens with zero attached hydrogens (tertiary/aromatic N) is 2. The molecule has 1 saturated heterocycles. The topological polar surface area (TPSA) is 46.3 Å². The highest BCUT2D eigenvalue weighted by Gasteiger charge is 2.26. The molecule has 1 amide bonds. The Labute approximate surface area is 141 Å². The number of hydrogen-bond donors (Lipinski definition) is 0. The first-order valence-electron chi connectivity index (χ1n) is 8.18. The lowest BCUT2D eigenvalue weighted by atomic mass is 10.2. The zero-order valence-electron chi connectivity index (χ0n) is 13.5. The van der Waals surface area contributed by atoms with E-state index in [2.05, 4.69) is 17.3 Å². The number of carbonyl (C=O) groups is 1. The minimum absolute atomic E-state index is 0.0111. The van der Waals surface area contributed by atoms with Crippen molar-refractivity contribution in [2.45, 2.75) is 43.3 Å². The number of hydrogen-bond acceptors (Lipinski definition) is 4. The molecule has 3 rings (SSSR count). The van der Waals surface area contributed by atoms with Gasteiger partial charge in [-0.05, 0) is 25.3 Å². The highest BCUT2D eigenvalue weighted by Crippen LogP contribution is 2.30. The molecule has 1 fully saturated rings. The number of rotatable bonds is 4. The van der Waals surface area contributed by atoms with E-state index < -0.39 is 0 Å². The monoisotopic (exact) mass is 330 g/mol. The van der Waals surface area contributed by atoms with Crippen molar-refractivity contribution in [3.63, 3.8) is 0 Å². The van der Waals surface area contributed by atoms with Gasteiger partial charge in [0, 0.05) is 18.8 Å². The van der Waals surface area contributed by atoms with Gasteiger partial charge in [-0.1, -0.05) is 48.3 Å². The average molecular weight is 330 g/mol. The number of thioether (sulfide) groups is 1. The third-order valence-corrected chi connectivity index (χ3v) is 5.37. The quantitative estimate of drug-likeness (QED) is 0.785. The standard InChI is InChI=1S/C18H22N2O2S/c1-14-17(23-13-15-9-5-4-6-10-15)16(22-19-14)18(21)20-11-7-2-3-8-12-20/h4-6,9-10H,2-3,7-8,11-13H2,1H3. The van der Waals surface area contributed by atoms with Gasteiger partial charge in [-0.3, -0.25) is 4.79 Å². The third kappa shape index (κ3) is 3.96. The van der Waals surface area contributed by atoms with Crippen molar-refractivity contribution >= 4 is 17.7 Å². The van der Waals surface area contributed by atoms with E-state index in [1.807, 2.05) is 30.0 Å². The number of amides is 1. The van der Waals surface area contributed by atoms with Crippen molar-refractivity contribution in [2.75, 3.05) is 13.1 Å². The summed E-state index contributed by atoms with van der Waals surface area (Å²) < 4.78 is 5.38. The van der Waals surface area contributed by atoms with E-state index >= 15 is 0 Å². The van der Waals surface area contributed by atoms with E-state index in [1.54, 1.807) is 11.8 Å². The van der Waals surface area contributed by atoms with Crippen LogP contribution in [0, 0.1) is 6.92 Å². The van der Waals surface area contributed by atoms with Gasteiger partial charge in [0.25, 0.3) is 5.91 Å². The second kappa shape index (κ2) is 7.68. The fraction of sp³-hybridized carbons (Fsp3) is 0.444. The van der Waals surface area contributed by atoms with Gasteiger partial charge in [0.2, 0.25) is 5.76 Å². The van der Waals surface area contributed by atoms with Crippen LogP contribution in [0.3, 0.4) is 0 Å². The van der Waals surface area contributed by atoms with E-state index in [-0.39, 0.29) is 5.91 Å². The molecule has 4 nitrogen and oxygen atoms in total. The minimum Gasteiger partial charge on any atom is -0.350 e. The average Bonchev–Trinajstić information content (AvgIpc) is 2.78. The molecule has 1 aliphatic heterocycles. The van der Waals surface area contributed by atoms with Gasteiger partial charge in [0.1, 0.15) is 0 Å². The van der Waals surface area contributed by atoms with Crippen molar-refractivity contribution < 1.29 is 9.32 Å². The summed E-state index contributed by atoms with van der Waals surface area (Å²) in [5.74, 6) is 1.21. The van der Waals surface area contributed by atoms with Crippen LogP contribution in [0.25, 0.3) is 0 Å². The predicted molar refractivity (Wildman–Crippen MR) is 91.6 cm³/mol. The van der Waals surface area contributed by atoms with E-state index in [0.29, 0.717) is 5.76 Å². The number of aromatic nitrogens is 1. The first-order chi connectivity index (χ1) is 11.3. The van der Waals surface area contributed by atoms with Crippen LogP contribution in [-0.2, 0) is 5.75 Å². The summed E-state index contributed by atoms with van der Waals surface area (Å²) in [6.07, 6.45) is 4.56. The van der Waals surface area contributed by atoms with E-state index in [1.165, 1.54) is 18.4 Å². The van der Waals surface area contributed by atoms with Crippen LogP contribution < -0.4 is 0 Å². The van der Waals surface area contributed by atoms with Crippen molar-refractivity contribution in [1.29, 1.82) is 0 Å². The molecule has 1 aliphatic rings. The summed E-state index contributed by atoms with van der Waals surface area (Å²) in [6.45, 7) is 3.54. The summed E-state index contributed by atoms with van der Waals surface area (Å²) in [5.41, 5.74) is 2.02. The smallest absolute Gasteiger partial charge is 0.293 e. The predicted octanol–water partition coefficient (Wildman–Crippen LogP) is 4.29. The second-order valence-corrected chi connectivity index (χ2v) is 6.89. The molecule has 0 spiro atoms. The molecule has 2 heterocycles. The number of likely N-dealkylation sites (tertiary alicyclic amines) is 1. The molecule has 0 radical (unpaired) electrons. The second-order valence-electron chi connectivity index (χ2n) is 5.91. The lowest BCUT2D eigenvalue weighted by Crippen LogP contribution is -2.31. The van der Waals surface area contributed by atoms with E-state index in [9.17, 15) is 4.79 Å². The summed E-state index contributed by atoms with van der Waals surface area (Å²) in [5, 5.41) is 4.02. The van der Waals surface area contributed by atoms with Gasteiger partial charge in [-0.15, -0.1) is 11.8 Å². The molecule has 5 heteroatoms. The molecule has 0 saturated carbocycles. The Bertz CT molecular complexity index is 646. The molecule has 0 N–H and O–H groups in total. The van der Waals surface area contributed by atoms with Crippen molar-refractivity contribution in [3.05, 3.63) is 47.3 Å². The Morgan fingerprint density at radius 2 is 1.87 bits per heavy atom. The van der Waals surface area contributed by atoms with Crippen LogP contribution in [0.4, 0.5) is 0 Å². The third-order valence-electron chi connectivity index (χ3n) is 4.12. The lowest BCUT2D eigenvalue weighted by Gasteiger charge is -2.18. The van der Waals surface area contributed by atoms with E-state index in [4.69, 9.17) is 4.52 Å². The van der Waals surface area contributed by atoms with Gasteiger partial charge in [-0.25, -0.2) is 0 Å². The Morgan fingerprint density at radius 3 is 2.57 bits per heavy atom. The number of aryl methyl sites for hydroxylation is 1. The Balaban J connectivity index is 1.73. The molecule has 2 aromatic rings. The van der Waals surface area contributed by atoms with Crippen LogP contribution in [0.5, 0.6) is 0 Å². The molecule has 0 atom stereocenters. The van der Waals surface area contributed by atoms with Gasteiger partial charge >= 0.3 is 0 Å². The summed E-state index contributed by atoms with van der Waals surface area (Å²) in [6, 6.07) is 10.2. The maximum absolute atomic E-state index is 12.8.